The van der Waals surface area contributed by atoms with Gasteiger partial charge >= 0.3 is 0 Å². The van der Waals surface area contributed by atoms with Crippen LogP contribution in [0, 0.1) is 0 Å². The Morgan fingerprint density at radius 1 is 1.29 bits per heavy atom. The lowest BCUT2D eigenvalue weighted by atomic mass is 10.1. The van der Waals surface area contributed by atoms with Gasteiger partial charge in [0.05, 0.1) is 5.69 Å². The van der Waals surface area contributed by atoms with Crippen LogP contribution in [0.1, 0.15) is 12.8 Å². The maximum absolute atomic E-state index is 12.1. The molecule has 0 bridgehead atoms. The molecule has 6 heteroatoms. The van der Waals surface area contributed by atoms with E-state index in [9.17, 15) is 4.79 Å². The quantitative estimate of drug-likeness (QED) is 0.896. The summed E-state index contributed by atoms with van der Waals surface area (Å²) in [7, 11) is 0. The number of hydrogen-bond acceptors (Lipinski definition) is 4. The van der Waals surface area contributed by atoms with Crippen molar-refractivity contribution in [3.8, 4) is 5.75 Å². The molecule has 0 radical (unpaired) electrons. The normalized spacial score (nSPS) is 20.3. The molecular weight excluding hydrogens is 334 g/mol. The van der Waals surface area contributed by atoms with Crippen molar-refractivity contribution in [3.63, 3.8) is 0 Å². The highest BCUT2D eigenvalue weighted by atomic mass is 79.9. The Balaban J connectivity index is 1.67. The van der Waals surface area contributed by atoms with E-state index in [1.54, 1.807) is 0 Å². The first-order chi connectivity index (χ1) is 10.1. The van der Waals surface area contributed by atoms with Crippen LogP contribution in [0.2, 0.25) is 0 Å². The molecule has 1 aromatic carbocycles. The number of benzene rings is 1. The number of carbonyl (C=O) groups excluding carboxylic acids is 1. The van der Waals surface area contributed by atoms with Crippen molar-refractivity contribution in [1.29, 1.82) is 0 Å². The molecule has 2 heterocycles. The van der Waals surface area contributed by atoms with Crippen molar-refractivity contribution in [2.75, 3.05) is 37.7 Å². The van der Waals surface area contributed by atoms with E-state index >= 15 is 0 Å². The van der Waals surface area contributed by atoms with Gasteiger partial charge in [-0.05, 0) is 44.1 Å². The van der Waals surface area contributed by atoms with Gasteiger partial charge in [0.15, 0.2) is 6.61 Å². The van der Waals surface area contributed by atoms with Crippen LogP contribution < -0.4 is 15.4 Å². The van der Waals surface area contributed by atoms with Crippen LogP contribution in [-0.2, 0) is 4.79 Å². The number of anilines is 1. The standard InChI is InChI=1S/C15H20BrN3O2/c16-11-1-2-14-13(9-11)19(15(20)10-21-14)8-7-18-5-3-12(17)4-6-18/h1-2,9,12H,3-8,10,17H2. The van der Waals surface area contributed by atoms with Crippen molar-refractivity contribution in [2.24, 2.45) is 5.73 Å². The monoisotopic (exact) mass is 353 g/mol. The highest BCUT2D eigenvalue weighted by molar-refractivity contribution is 9.10. The zero-order valence-electron chi connectivity index (χ0n) is 11.9. The molecule has 5 nitrogen and oxygen atoms in total. The van der Waals surface area contributed by atoms with E-state index in [2.05, 4.69) is 20.8 Å². The maximum Gasteiger partial charge on any atom is 0.265 e. The van der Waals surface area contributed by atoms with E-state index in [1.165, 1.54) is 0 Å². The van der Waals surface area contributed by atoms with E-state index in [1.807, 2.05) is 23.1 Å². The lowest BCUT2D eigenvalue weighted by Gasteiger charge is -2.34. The summed E-state index contributed by atoms with van der Waals surface area (Å²) in [6, 6.07) is 6.11. The molecule has 0 aliphatic carbocycles. The summed E-state index contributed by atoms with van der Waals surface area (Å²) in [4.78, 5) is 16.4. The minimum Gasteiger partial charge on any atom is -0.482 e. The lowest BCUT2D eigenvalue weighted by molar-refractivity contribution is -0.121. The number of nitrogens with two attached hydrogens (primary N) is 1. The number of carbonyl (C=O) groups is 1. The van der Waals surface area contributed by atoms with Gasteiger partial charge in [-0.2, -0.15) is 0 Å². The van der Waals surface area contributed by atoms with Gasteiger partial charge < -0.3 is 20.3 Å². The summed E-state index contributed by atoms with van der Waals surface area (Å²) in [6.45, 7) is 3.74. The fourth-order valence-corrected chi connectivity index (χ4v) is 3.19. The summed E-state index contributed by atoms with van der Waals surface area (Å²) in [5.41, 5.74) is 6.78. The number of halogens is 1. The average molecular weight is 354 g/mol. The van der Waals surface area contributed by atoms with Gasteiger partial charge in [-0.1, -0.05) is 15.9 Å². The fraction of sp³-hybridized carbons (Fsp3) is 0.533. The van der Waals surface area contributed by atoms with Crippen molar-refractivity contribution >= 4 is 27.5 Å². The highest BCUT2D eigenvalue weighted by Gasteiger charge is 2.26. The SMILES string of the molecule is NC1CCN(CCN2C(=O)COc3ccc(Br)cc32)CC1. The number of piperidine rings is 1. The van der Waals surface area contributed by atoms with E-state index < -0.39 is 0 Å². The molecule has 0 aromatic heterocycles. The number of fused-ring (bicyclic) bond motifs is 1. The number of hydrogen-bond donors (Lipinski definition) is 1. The Bertz CT molecular complexity index is 530. The maximum atomic E-state index is 12.1. The van der Waals surface area contributed by atoms with Crippen LogP contribution >= 0.6 is 15.9 Å². The van der Waals surface area contributed by atoms with Crippen molar-refractivity contribution in [1.82, 2.24) is 4.90 Å². The molecule has 0 spiro atoms. The second-order valence-electron chi connectivity index (χ2n) is 5.63. The van der Waals surface area contributed by atoms with E-state index in [4.69, 9.17) is 10.5 Å². The Morgan fingerprint density at radius 2 is 2.05 bits per heavy atom. The zero-order chi connectivity index (χ0) is 14.8. The molecule has 2 aliphatic heterocycles. The third-order valence-electron chi connectivity index (χ3n) is 4.14. The molecular formula is C15H20BrN3O2. The Hall–Kier alpha value is -1.11. The first-order valence-corrected chi connectivity index (χ1v) is 8.13. The minimum atomic E-state index is 0.0225. The molecule has 1 fully saturated rings. The molecule has 0 unspecified atom stereocenters. The molecule has 1 amide bonds. The van der Waals surface area contributed by atoms with Crippen LogP contribution in [-0.4, -0.2) is 49.6 Å². The van der Waals surface area contributed by atoms with Crippen molar-refractivity contribution < 1.29 is 9.53 Å². The number of likely N-dealkylation sites (tertiary alicyclic amines) is 1. The van der Waals surface area contributed by atoms with Crippen molar-refractivity contribution in [3.05, 3.63) is 22.7 Å². The first kappa shape index (κ1) is 14.8. The van der Waals surface area contributed by atoms with Gasteiger partial charge in [0.2, 0.25) is 0 Å². The Morgan fingerprint density at radius 3 is 2.81 bits per heavy atom. The van der Waals surface area contributed by atoms with E-state index in [0.29, 0.717) is 12.6 Å². The molecule has 0 saturated carbocycles. The summed E-state index contributed by atoms with van der Waals surface area (Å²) < 4.78 is 6.44. The van der Waals surface area contributed by atoms with E-state index in [0.717, 1.165) is 48.4 Å². The minimum absolute atomic E-state index is 0.0225. The average Bonchev–Trinajstić information content (AvgIpc) is 2.48. The molecule has 1 aromatic rings. The topological polar surface area (TPSA) is 58.8 Å². The van der Waals surface area contributed by atoms with Crippen LogP contribution in [0.15, 0.2) is 22.7 Å². The Labute approximate surface area is 133 Å². The van der Waals surface area contributed by atoms with Gasteiger partial charge in [-0.15, -0.1) is 0 Å². The molecule has 2 N–H and O–H groups in total. The number of nitrogens with zero attached hydrogens (tertiary/aromatic N) is 2. The predicted molar refractivity (Wildman–Crippen MR) is 85.6 cm³/mol. The molecule has 2 aliphatic rings. The lowest BCUT2D eigenvalue weighted by Crippen LogP contribution is -2.46. The second-order valence-corrected chi connectivity index (χ2v) is 6.54. The second kappa shape index (κ2) is 6.34. The predicted octanol–water partition coefficient (Wildman–Crippen LogP) is 1.60. The highest BCUT2D eigenvalue weighted by Crippen LogP contribution is 2.34. The smallest absolute Gasteiger partial charge is 0.265 e. The number of ether oxygens (including phenoxy) is 1. The molecule has 0 atom stereocenters. The third kappa shape index (κ3) is 3.39. The van der Waals surface area contributed by atoms with Crippen LogP contribution in [0.4, 0.5) is 5.69 Å². The summed E-state index contributed by atoms with van der Waals surface area (Å²) in [5, 5.41) is 0. The molecule has 1 saturated heterocycles. The number of amides is 1. The third-order valence-corrected chi connectivity index (χ3v) is 4.63. The van der Waals surface area contributed by atoms with Gasteiger partial charge in [-0.3, -0.25) is 4.79 Å². The number of rotatable bonds is 3. The zero-order valence-corrected chi connectivity index (χ0v) is 13.5. The van der Waals surface area contributed by atoms with Crippen LogP contribution in [0.25, 0.3) is 0 Å². The van der Waals surface area contributed by atoms with Crippen LogP contribution in [0.3, 0.4) is 0 Å². The van der Waals surface area contributed by atoms with Gasteiger partial charge in [0, 0.05) is 23.6 Å². The van der Waals surface area contributed by atoms with Crippen molar-refractivity contribution in [2.45, 2.75) is 18.9 Å². The fourth-order valence-electron chi connectivity index (χ4n) is 2.84. The molecule has 3 rings (SSSR count). The first-order valence-electron chi connectivity index (χ1n) is 7.34. The molecule has 114 valence electrons. The van der Waals surface area contributed by atoms with E-state index in [-0.39, 0.29) is 12.5 Å². The molecule has 21 heavy (non-hydrogen) atoms. The Kier molecular flexibility index (Phi) is 4.47. The van der Waals surface area contributed by atoms with Gasteiger partial charge in [0.25, 0.3) is 5.91 Å². The summed E-state index contributed by atoms with van der Waals surface area (Å²) in [6.07, 6.45) is 2.08. The largest absolute Gasteiger partial charge is 0.482 e. The van der Waals surface area contributed by atoms with Gasteiger partial charge in [0.1, 0.15) is 5.75 Å². The van der Waals surface area contributed by atoms with Gasteiger partial charge in [-0.25, -0.2) is 0 Å². The summed E-state index contributed by atoms with van der Waals surface area (Å²) >= 11 is 3.45. The van der Waals surface area contributed by atoms with Crippen LogP contribution in [0.5, 0.6) is 5.75 Å². The summed E-state index contributed by atoms with van der Waals surface area (Å²) in [5.74, 6) is 0.799.